The van der Waals surface area contributed by atoms with E-state index in [1.165, 1.54) is 18.6 Å². The van der Waals surface area contributed by atoms with E-state index in [4.69, 9.17) is 23.2 Å². The highest BCUT2D eigenvalue weighted by atomic mass is 35.5. The minimum absolute atomic E-state index is 0.0285. The van der Waals surface area contributed by atoms with Crippen LogP contribution in [0.2, 0.25) is 10.3 Å². The van der Waals surface area contributed by atoms with Crippen LogP contribution < -0.4 is 5.32 Å². The molecule has 1 aliphatic rings. The third kappa shape index (κ3) is 2.72. The summed E-state index contributed by atoms with van der Waals surface area (Å²) in [5.41, 5.74) is 0.439. The standard InChI is InChI=1S/C12H14Cl2N2O/c1-2-12(4-3-5-12)16-11(17)8-6-9(13)15-10(14)7-8/h6-7H,2-5H2,1H3,(H,16,17). The van der Waals surface area contributed by atoms with Gasteiger partial charge < -0.3 is 5.32 Å². The van der Waals surface area contributed by atoms with Gasteiger partial charge in [-0.15, -0.1) is 0 Å². The van der Waals surface area contributed by atoms with E-state index in [0.29, 0.717) is 5.56 Å². The van der Waals surface area contributed by atoms with E-state index in [2.05, 4.69) is 17.2 Å². The zero-order valence-electron chi connectivity index (χ0n) is 9.59. The number of aromatic nitrogens is 1. The summed E-state index contributed by atoms with van der Waals surface area (Å²) in [4.78, 5) is 15.9. The van der Waals surface area contributed by atoms with E-state index in [1.54, 1.807) is 0 Å². The third-order valence-electron chi connectivity index (χ3n) is 3.39. The molecule has 0 bridgehead atoms. The summed E-state index contributed by atoms with van der Waals surface area (Å²) in [5, 5.41) is 3.54. The number of pyridine rings is 1. The molecule has 0 atom stereocenters. The Morgan fingerprint density at radius 3 is 2.41 bits per heavy atom. The summed E-state index contributed by atoms with van der Waals surface area (Å²) < 4.78 is 0. The summed E-state index contributed by atoms with van der Waals surface area (Å²) in [5.74, 6) is -0.127. The van der Waals surface area contributed by atoms with Crippen molar-refractivity contribution in [2.24, 2.45) is 0 Å². The molecule has 1 aromatic heterocycles. The molecule has 1 saturated carbocycles. The maximum absolute atomic E-state index is 12.1. The van der Waals surface area contributed by atoms with E-state index in [-0.39, 0.29) is 21.8 Å². The summed E-state index contributed by atoms with van der Waals surface area (Å²) >= 11 is 11.5. The second kappa shape index (κ2) is 4.83. The molecule has 0 aromatic carbocycles. The van der Waals surface area contributed by atoms with Crippen LogP contribution in [0.4, 0.5) is 0 Å². The van der Waals surface area contributed by atoms with Crippen LogP contribution >= 0.6 is 23.2 Å². The number of halogens is 2. The van der Waals surface area contributed by atoms with Crippen LogP contribution in [-0.2, 0) is 0 Å². The zero-order valence-corrected chi connectivity index (χ0v) is 11.1. The van der Waals surface area contributed by atoms with Gasteiger partial charge in [0.1, 0.15) is 10.3 Å². The summed E-state index contributed by atoms with van der Waals surface area (Å²) in [6.45, 7) is 2.09. The predicted octanol–water partition coefficient (Wildman–Crippen LogP) is 3.45. The second-order valence-corrected chi connectivity index (χ2v) is 5.22. The van der Waals surface area contributed by atoms with Gasteiger partial charge in [-0.3, -0.25) is 4.79 Å². The SMILES string of the molecule is CCC1(NC(=O)c2cc(Cl)nc(Cl)c2)CCC1. The number of rotatable bonds is 3. The molecule has 2 rings (SSSR count). The molecule has 17 heavy (non-hydrogen) atoms. The normalized spacial score (nSPS) is 17.4. The van der Waals surface area contributed by atoms with Crippen molar-refractivity contribution in [3.05, 3.63) is 28.0 Å². The molecule has 0 spiro atoms. The molecule has 0 saturated heterocycles. The minimum atomic E-state index is -0.127. The van der Waals surface area contributed by atoms with Crippen LogP contribution in [0, 0.1) is 0 Å². The van der Waals surface area contributed by atoms with Crippen molar-refractivity contribution in [2.75, 3.05) is 0 Å². The number of hydrogen-bond donors (Lipinski definition) is 1. The number of hydrogen-bond acceptors (Lipinski definition) is 2. The maximum atomic E-state index is 12.1. The molecule has 3 nitrogen and oxygen atoms in total. The molecule has 5 heteroatoms. The smallest absolute Gasteiger partial charge is 0.251 e. The molecule has 1 aromatic rings. The van der Waals surface area contributed by atoms with Crippen molar-refractivity contribution in [1.82, 2.24) is 10.3 Å². The van der Waals surface area contributed by atoms with Gasteiger partial charge in [-0.1, -0.05) is 30.1 Å². The molecule has 1 heterocycles. The fourth-order valence-corrected chi connectivity index (χ4v) is 2.54. The van der Waals surface area contributed by atoms with Gasteiger partial charge >= 0.3 is 0 Å². The molecule has 0 radical (unpaired) electrons. The van der Waals surface area contributed by atoms with Crippen molar-refractivity contribution in [2.45, 2.75) is 38.1 Å². The molecule has 1 N–H and O–H groups in total. The summed E-state index contributed by atoms with van der Waals surface area (Å²) in [7, 11) is 0. The van der Waals surface area contributed by atoms with Crippen molar-refractivity contribution >= 4 is 29.1 Å². The Hall–Kier alpha value is -0.800. The Kier molecular flexibility index (Phi) is 3.59. The van der Waals surface area contributed by atoms with Crippen LogP contribution in [0.3, 0.4) is 0 Å². The number of nitrogens with one attached hydrogen (secondary N) is 1. The van der Waals surface area contributed by atoms with Crippen molar-refractivity contribution in [3.63, 3.8) is 0 Å². The average Bonchev–Trinajstić information content (AvgIpc) is 2.21. The first kappa shape index (κ1) is 12.7. The molecule has 92 valence electrons. The number of nitrogens with zero attached hydrogens (tertiary/aromatic N) is 1. The first-order valence-corrected chi connectivity index (χ1v) is 6.46. The molecule has 0 aliphatic heterocycles. The van der Waals surface area contributed by atoms with E-state index in [1.807, 2.05) is 0 Å². The Morgan fingerprint density at radius 2 is 2.00 bits per heavy atom. The first-order chi connectivity index (χ1) is 8.04. The highest BCUT2D eigenvalue weighted by Crippen LogP contribution is 2.34. The lowest BCUT2D eigenvalue weighted by molar-refractivity contribution is 0.0820. The van der Waals surface area contributed by atoms with Gasteiger partial charge in [0.25, 0.3) is 5.91 Å². The lowest BCUT2D eigenvalue weighted by Crippen LogP contribution is -2.52. The highest BCUT2D eigenvalue weighted by Gasteiger charge is 2.36. The van der Waals surface area contributed by atoms with Gasteiger partial charge in [0.05, 0.1) is 0 Å². The largest absolute Gasteiger partial charge is 0.347 e. The number of carbonyl (C=O) groups is 1. The zero-order chi connectivity index (χ0) is 12.5. The minimum Gasteiger partial charge on any atom is -0.347 e. The molecule has 1 amide bonds. The number of carbonyl (C=O) groups excluding carboxylic acids is 1. The van der Waals surface area contributed by atoms with Gasteiger partial charge in [-0.2, -0.15) is 0 Å². The summed E-state index contributed by atoms with van der Waals surface area (Å²) in [6, 6.07) is 3.07. The second-order valence-electron chi connectivity index (χ2n) is 4.44. The van der Waals surface area contributed by atoms with Crippen LogP contribution in [0.25, 0.3) is 0 Å². The van der Waals surface area contributed by atoms with Crippen LogP contribution in [0.5, 0.6) is 0 Å². The Labute approximate surface area is 111 Å². The van der Waals surface area contributed by atoms with Crippen LogP contribution in [-0.4, -0.2) is 16.4 Å². The maximum Gasteiger partial charge on any atom is 0.251 e. The van der Waals surface area contributed by atoms with E-state index >= 15 is 0 Å². The topological polar surface area (TPSA) is 42.0 Å². The van der Waals surface area contributed by atoms with E-state index in [9.17, 15) is 4.79 Å². The molecule has 1 aliphatic carbocycles. The van der Waals surface area contributed by atoms with Gasteiger partial charge in [0, 0.05) is 11.1 Å². The molecular weight excluding hydrogens is 259 g/mol. The molecular formula is C12H14Cl2N2O. The van der Waals surface area contributed by atoms with Gasteiger partial charge in [-0.05, 0) is 37.8 Å². The first-order valence-electron chi connectivity index (χ1n) is 5.70. The van der Waals surface area contributed by atoms with Crippen LogP contribution in [0.1, 0.15) is 43.0 Å². The van der Waals surface area contributed by atoms with Gasteiger partial charge in [0.15, 0.2) is 0 Å². The molecule has 1 fully saturated rings. The van der Waals surface area contributed by atoms with Gasteiger partial charge in [0.2, 0.25) is 0 Å². The van der Waals surface area contributed by atoms with E-state index in [0.717, 1.165) is 19.3 Å². The Bertz CT molecular complexity index is 418. The van der Waals surface area contributed by atoms with Gasteiger partial charge in [-0.25, -0.2) is 4.98 Å². The fraction of sp³-hybridized carbons (Fsp3) is 0.500. The van der Waals surface area contributed by atoms with E-state index < -0.39 is 0 Å². The third-order valence-corrected chi connectivity index (χ3v) is 3.78. The quantitative estimate of drug-likeness (QED) is 0.857. The number of amides is 1. The summed E-state index contributed by atoms with van der Waals surface area (Å²) in [6.07, 6.45) is 4.21. The molecule has 0 unspecified atom stereocenters. The van der Waals surface area contributed by atoms with Crippen molar-refractivity contribution in [1.29, 1.82) is 0 Å². The average molecular weight is 273 g/mol. The monoisotopic (exact) mass is 272 g/mol. The fourth-order valence-electron chi connectivity index (χ4n) is 2.08. The lowest BCUT2D eigenvalue weighted by atomic mass is 9.74. The van der Waals surface area contributed by atoms with Crippen LogP contribution in [0.15, 0.2) is 12.1 Å². The Morgan fingerprint density at radius 1 is 1.41 bits per heavy atom. The van der Waals surface area contributed by atoms with Crippen molar-refractivity contribution < 1.29 is 4.79 Å². The lowest BCUT2D eigenvalue weighted by Gasteiger charge is -2.42. The highest BCUT2D eigenvalue weighted by molar-refractivity contribution is 6.33. The predicted molar refractivity (Wildman–Crippen MR) is 68.6 cm³/mol. The Balaban J connectivity index is 2.14. The van der Waals surface area contributed by atoms with Crippen molar-refractivity contribution in [3.8, 4) is 0 Å².